The Balaban J connectivity index is 2.30. The summed E-state index contributed by atoms with van der Waals surface area (Å²) in [6, 6.07) is 0. The quantitative estimate of drug-likeness (QED) is 0.0264. The lowest BCUT2D eigenvalue weighted by Gasteiger charge is -2.34. The molecule has 0 aliphatic carbocycles. The summed E-state index contributed by atoms with van der Waals surface area (Å²) in [5.74, 6) is 2.15. The van der Waals surface area contributed by atoms with E-state index in [1.54, 1.807) is 0 Å². The summed E-state index contributed by atoms with van der Waals surface area (Å²) >= 11 is 0. The molecule has 0 saturated carbocycles. The van der Waals surface area contributed by atoms with Gasteiger partial charge in [-0.2, -0.15) is 0 Å². The Labute approximate surface area is 461 Å². The van der Waals surface area contributed by atoms with E-state index < -0.39 is 0 Å². The highest BCUT2D eigenvalue weighted by Crippen LogP contribution is 2.23. The first-order valence-electron chi connectivity index (χ1n) is 31.7. The molecule has 1 rings (SSSR count). The van der Waals surface area contributed by atoms with Gasteiger partial charge in [0.25, 0.3) is 0 Å². The Morgan fingerprint density at radius 2 is 0.726 bits per heavy atom. The van der Waals surface area contributed by atoms with Crippen molar-refractivity contribution in [2.75, 3.05) is 96.6 Å². The van der Waals surface area contributed by atoms with Crippen LogP contribution < -0.4 is 0 Å². The molecule has 0 spiro atoms. The second-order valence-electron chi connectivity index (χ2n) is 22.5. The summed E-state index contributed by atoms with van der Waals surface area (Å²) in [6.07, 6.45) is 41.5. The molecular weight excluding hydrogens is 949 g/mol. The van der Waals surface area contributed by atoms with Gasteiger partial charge in [-0.3, -0.25) is 24.4 Å². The fraction of sp³-hybridized carbons (Fsp3) is 0.984. The first-order valence-corrected chi connectivity index (χ1v) is 34.2. The molecule has 4 unspecified atom stereocenters. The van der Waals surface area contributed by atoms with E-state index >= 15 is 0 Å². The van der Waals surface area contributed by atoms with Crippen molar-refractivity contribution in [3.05, 3.63) is 0 Å². The van der Waals surface area contributed by atoms with E-state index in [2.05, 4.69) is 47.3 Å². The lowest BCUT2D eigenvalue weighted by molar-refractivity contribution is -0.144. The van der Waals surface area contributed by atoms with Crippen LogP contribution in [0.2, 0.25) is 0 Å². The zero-order valence-electron chi connectivity index (χ0n) is 48.8. The van der Waals surface area contributed by atoms with Crippen LogP contribution in [0.5, 0.6) is 0 Å². The Kier molecular flexibility index (Phi) is 52.3. The smallest absolute Gasteiger partial charge is 0.305 e. The lowest BCUT2D eigenvalue weighted by Crippen LogP contribution is -2.47. The monoisotopic (exact) mass is 1070 g/mol. The molecule has 0 aromatic carbocycles. The van der Waals surface area contributed by atoms with Gasteiger partial charge in [0.15, 0.2) is 0 Å². The third-order valence-electron chi connectivity index (χ3n) is 15.2. The molecule has 0 aromatic rings. The second kappa shape index (κ2) is 53.8. The van der Waals surface area contributed by atoms with Crippen molar-refractivity contribution in [3.63, 3.8) is 0 Å². The molecule has 0 aromatic heterocycles. The van der Waals surface area contributed by atoms with Gasteiger partial charge in [-0.25, -0.2) is 0 Å². The van der Waals surface area contributed by atoms with E-state index in [9.17, 15) is 25.2 Å². The van der Waals surface area contributed by atoms with Crippen LogP contribution in [0.15, 0.2) is 0 Å². The summed E-state index contributed by atoms with van der Waals surface area (Å²) in [5, 5.41) is 43.8. The van der Waals surface area contributed by atoms with E-state index in [4.69, 9.17) is 4.74 Å². The van der Waals surface area contributed by atoms with Crippen molar-refractivity contribution in [1.82, 2.24) is 19.6 Å². The normalized spacial score (nSPS) is 15.4. The van der Waals surface area contributed by atoms with Crippen LogP contribution in [-0.2, 0) is 9.53 Å². The molecule has 10 nitrogen and oxygen atoms in total. The van der Waals surface area contributed by atoms with Crippen LogP contribution >= 0.6 is 21.6 Å². The molecule has 12 heteroatoms. The molecule has 4 atom stereocenters. The highest BCUT2D eigenvalue weighted by atomic mass is 33.1. The van der Waals surface area contributed by atoms with Crippen LogP contribution in [0.1, 0.15) is 265 Å². The van der Waals surface area contributed by atoms with Crippen LogP contribution in [0.3, 0.4) is 0 Å². The number of ether oxygens (including phenoxy) is 1. The van der Waals surface area contributed by atoms with Gasteiger partial charge < -0.3 is 25.2 Å². The van der Waals surface area contributed by atoms with Gasteiger partial charge in [-0.15, -0.1) is 0 Å². The van der Waals surface area contributed by atoms with Gasteiger partial charge in [0.2, 0.25) is 0 Å². The zero-order valence-corrected chi connectivity index (χ0v) is 50.4. The van der Waals surface area contributed by atoms with E-state index in [0.717, 1.165) is 141 Å². The maximum Gasteiger partial charge on any atom is 0.305 e. The van der Waals surface area contributed by atoms with Crippen molar-refractivity contribution < 1.29 is 30.0 Å². The number of carbonyl (C=O) groups is 1. The topological polar surface area (TPSA) is 120 Å². The first kappa shape index (κ1) is 70.9. The number of piperazine rings is 1. The largest absolute Gasteiger partial charge is 0.464 e. The van der Waals surface area contributed by atoms with E-state index in [1.165, 1.54) is 154 Å². The Morgan fingerprint density at radius 1 is 0.411 bits per heavy atom. The van der Waals surface area contributed by atoms with E-state index in [0.29, 0.717) is 39.2 Å². The maximum absolute atomic E-state index is 12.7. The number of hydrogen-bond donors (Lipinski definition) is 4. The van der Waals surface area contributed by atoms with Gasteiger partial charge >= 0.3 is 5.97 Å². The SMILES string of the molecule is CCCCCCCCCCC(O)CN(CCCCC(=O)OCCN1CCN(CCSSCCCCN(CC(O)CCCCCCCC)CC(O)CCCCCCCC)CC1)CC(O)CCCCCCCCCC. The summed E-state index contributed by atoms with van der Waals surface area (Å²) in [6.45, 7) is 19.8. The Hall–Kier alpha value is -0.150. The Bertz CT molecular complexity index is 1090. The van der Waals surface area contributed by atoms with Crippen molar-refractivity contribution in [3.8, 4) is 0 Å². The second-order valence-corrected chi connectivity index (χ2v) is 25.2. The standard InChI is InChI=1S/C61H124N4O6S2/c1-5-9-13-17-21-23-27-31-39-57(66)53-64(54-58(67)40-32-28-24-22-18-14-10-6-2)42-34-33-41-61(70)71-50-48-62-44-46-63(47-45-62)49-52-73-72-51-36-35-43-65(55-59(68)37-29-25-19-15-11-7-3)56-60(69)38-30-26-20-16-12-8-4/h57-60,66-69H,5-56H2,1-4H3. The minimum Gasteiger partial charge on any atom is -0.464 e. The molecule has 0 radical (unpaired) electrons. The van der Waals surface area contributed by atoms with Crippen molar-refractivity contribution in [2.24, 2.45) is 0 Å². The van der Waals surface area contributed by atoms with Crippen LogP contribution in [0, 0.1) is 0 Å². The predicted molar refractivity (Wildman–Crippen MR) is 319 cm³/mol. The van der Waals surface area contributed by atoms with Crippen LogP contribution in [-0.4, -0.2) is 167 Å². The summed E-state index contributed by atoms with van der Waals surface area (Å²) in [4.78, 5) is 22.3. The van der Waals surface area contributed by atoms with Gasteiger partial charge in [-0.1, -0.05) is 229 Å². The van der Waals surface area contributed by atoms with Crippen LogP contribution in [0.4, 0.5) is 0 Å². The molecule has 1 saturated heterocycles. The van der Waals surface area contributed by atoms with E-state index in [-0.39, 0.29) is 30.4 Å². The third kappa shape index (κ3) is 47.6. The number of nitrogens with zero attached hydrogens (tertiary/aromatic N) is 4. The Morgan fingerprint density at radius 3 is 1.10 bits per heavy atom. The zero-order chi connectivity index (χ0) is 53.1. The fourth-order valence-corrected chi connectivity index (χ4v) is 12.6. The average Bonchev–Trinajstić information content (AvgIpc) is 3.37. The van der Waals surface area contributed by atoms with Crippen molar-refractivity contribution >= 4 is 27.6 Å². The minimum absolute atomic E-state index is 0.114. The molecule has 0 amide bonds. The number of hydrogen-bond acceptors (Lipinski definition) is 12. The number of esters is 1. The van der Waals surface area contributed by atoms with Gasteiger partial charge in [0.05, 0.1) is 24.4 Å². The molecule has 1 heterocycles. The molecule has 1 aliphatic heterocycles. The number of rotatable bonds is 57. The predicted octanol–water partition coefficient (Wildman–Crippen LogP) is 14.1. The van der Waals surface area contributed by atoms with Gasteiger partial charge in [-0.05, 0) is 64.5 Å². The van der Waals surface area contributed by atoms with Crippen LogP contribution in [0.25, 0.3) is 0 Å². The highest BCUT2D eigenvalue weighted by Gasteiger charge is 2.20. The molecule has 4 N–H and O–H groups in total. The molecule has 73 heavy (non-hydrogen) atoms. The average molecular weight is 1070 g/mol. The lowest BCUT2D eigenvalue weighted by atomic mass is 10.0. The first-order chi connectivity index (χ1) is 35.7. The number of aliphatic hydroxyl groups is 4. The molecule has 436 valence electrons. The number of unbranched alkanes of at least 4 members (excludes halogenated alkanes) is 26. The highest BCUT2D eigenvalue weighted by molar-refractivity contribution is 8.76. The summed E-state index contributed by atoms with van der Waals surface area (Å²) in [5.41, 5.74) is 0. The number of aliphatic hydroxyl groups excluding tert-OH is 4. The minimum atomic E-state index is -0.373. The van der Waals surface area contributed by atoms with Gasteiger partial charge in [0, 0.05) is 83.4 Å². The number of carbonyl (C=O) groups excluding carboxylic acids is 1. The third-order valence-corrected chi connectivity index (χ3v) is 17.7. The molecular formula is C61H124N4O6S2. The summed E-state index contributed by atoms with van der Waals surface area (Å²) < 4.78 is 5.69. The summed E-state index contributed by atoms with van der Waals surface area (Å²) in [7, 11) is 3.98. The van der Waals surface area contributed by atoms with Crippen molar-refractivity contribution in [2.45, 2.75) is 290 Å². The molecule has 1 fully saturated rings. The van der Waals surface area contributed by atoms with Crippen molar-refractivity contribution in [1.29, 1.82) is 0 Å². The van der Waals surface area contributed by atoms with E-state index in [1.807, 2.05) is 21.6 Å². The molecule has 0 bridgehead atoms. The maximum atomic E-state index is 12.7. The van der Waals surface area contributed by atoms with Gasteiger partial charge in [0.1, 0.15) is 6.61 Å². The fourth-order valence-electron chi connectivity index (χ4n) is 10.4. The molecule has 1 aliphatic rings.